The molecule has 0 saturated carbocycles. The van der Waals surface area contributed by atoms with Crippen LogP contribution in [0.5, 0.6) is 0 Å². The molecule has 2 heterocycles. The molecule has 1 unspecified atom stereocenters. The highest BCUT2D eigenvalue weighted by molar-refractivity contribution is 6.04. The van der Waals surface area contributed by atoms with E-state index in [1.165, 1.54) is 0 Å². The lowest BCUT2D eigenvalue weighted by Gasteiger charge is -2.33. The van der Waals surface area contributed by atoms with Gasteiger partial charge in [0.1, 0.15) is 11.2 Å². The minimum absolute atomic E-state index is 0.0867. The van der Waals surface area contributed by atoms with Gasteiger partial charge in [-0.2, -0.15) is 0 Å². The van der Waals surface area contributed by atoms with E-state index in [-0.39, 0.29) is 25.4 Å². The van der Waals surface area contributed by atoms with E-state index in [1.807, 2.05) is 17.8 Å². The van der Waals surface area contributed by atoms with E-state index in [0.717, 1.165) is 5.82 Å². The molecule has 1 aliphatic rings. The number of esters is 1. The monoisotopic (exact) mass is 280 g/mol. The van der Waals surface area contributed by atoms with E-state index in [4.69, 9.17) is 9.47 Å². The Morgan fingerprint density at radius 1 is 1.60 bits per heavy atom. The number of ether oxygens (including phenoxy) is 2. The van der Waals surface area contributed by atoms with E-state index in [2.05, 4.69) is 4.98 Å². The standard InChI is InChI=1S/C14H20N2O4/c1-3-20-13(18)14(10-19-9-5-11(14)17)6-4-12-15-7-8-16(12)2/h7-8H,3-6,9-10H2,1-2H3. The second-order valence-electron chi connectivity index (χ2n) is 4.98. The Morgan fingerprint density at radius 2 is 2.40 bits per heavy atom. The number of carbonyl (C=O) groups is 2. The van der Waals surface area contributed by atoms with Crippen LogP contribution in [0.25, 0.3) is 0 Å². The lowest BCUT2D eigenvalue weighted by Crippen LogP contribution is -2.48. The number of hydrogen-bond donors (Lipinski definition) is 0. The number of Topliss-reactive ketones (excluding diaryl/α,β-unsaturated/α-hetero) is 1. The van der Waals surface area contributed by atoms with Gasteiger partial charge in [-0.3, -0.25) is 9.59 Å². The molecule has 20 heavy (non-hydrogen) atoms. The molecular formula is C14H20N2O4. The van der Waals surface area contributed by atoms with Crippen molar-refractivity contribution in [2.75, 3.05) is 19.8 Å². The zero-order chi connectivity index (χ0) is 14.6. The Kier molecular flexibility index (Phi) is 4.54. The molecule has 0 aromatic carbocycles. The third-order valence-corrected chi connectivity index (χ3v) is 3.72. The first kappa shape index (κ1) is 14.7. The summed E-state index contributed by atoms with van der Waals surface area (Å²) in [4.78, 5) is 28.7. The molecule has 0 amide bonds. The normalized spacial score (nSPS) is 22.8. The second kappa shape index (κ2) is 6.17. The predicted octanol–water partition coefficient (Wildman–Crippen LogP) is 0.892. The molecule has 1 fully saturated rings. The fourth-order valence-electron chi connectivity index (χ4n) is 2.45. The van der Waals surface area contributed by atoms with E-state index in [1.54, 1.807) is 13.1 Å². The van der Waals surface area contributed by atoms with Gasteiger partial charge in [0, 0.05) is 32.3 Å². The van der Waals surface area contributed by atoms with Crippen molar-refractivity contribution in [1.82, 2.24) is 9.55 Å². The summed E-state index contributed by atoms with van der Waals surface area (Å²) in [5.41, 5.74) is -1.17. The Morgan fingerprint density at radius 3 is 3.00 bits per heavy atom. The van der Waals surface area contributed by atoms with Crippen LogP contribution in [0.2, 0.25) is 0 Å². The fourth-order valence-corrected chi connectivity index (χ4v) is 2.45. The zero-order valence-corrected chi connectivity index (χ0v) is 11.9. The minimum atomic E-state index is -1.17. The van der Waals surface area contributed by atoms with Crippen LogP contribution in [0.4, 0.5) is 0 Å². The third-order valence-electron chi connectivity index (χ3n) is 3.72. The third kappa shape index (κ3) is 2.75. The van der Waals surface area contributed by atoms with Crippen LogP contribution in [-0.4, -0.2) is 41.1 Å². The number of carbonyl (C=O) groups excluding carboxylic acids is 2. The summed E-state index contributed by atoms with van der Waals surface area (Å²) < 4.78 is 12.3. The van der Waals surface area contributed by atoms with Gasteiger partial charge in [0.25, 0.3) is 0 Å². The summed E-state index contributed by atoms with van der Waals surface area (Å²) >= 11 is 0. The average Bonchev–Trinajstić information content (AvgIpc) is 2.84. The molecule has 2 rings (SSSR count). The van der Waals surface area contributed by atoms with E-state index in [0.29, 0.717) is 19.4 Å². The van der Waals surface area contributed by atoms with Crippen LogP contribution < -0.4 is 0 Å². The smallest absolute Gasteiger partial charge is 0.322 e. The first-order chi connectivity index (χ1) is 9.60. The minimum Gasteiger partial charge on any atom is -0.465 e. The quantitative estimate of drug-likeness (QED) is 0.592. The van der Waals surface area contributed by atoms with Crippen LogP contribution in [0.1, 0.15) is 25.6 Å². The van der Waals surface area contributed by atoms with Crippen molar-refractivity contribution in [3.63, 3.8) is 0 Å². The summed E-state index contributed by atoms with van der Waals surface area (Å²) in [5.74, 6) is 0.280. The molecule has 0 N–H and O–H groups in total. The van der Waals surface area contributed by atoms with Crippen LogP contribution >= 0.6 is 0 Å². The van der Waals surface area contributed by atoms with Crippen LogP contribution in [0.15, 0.2) is 12.4 Å². The van der Waals surface area contributed by atoms with Crippen molar-refractivity contribution in [3.8, 4) is 0 Å². The molecular weight excluding hydrogens is 260 g/mol. The number of rotatable bonds is 5. The molecule has 0 bridgehead atoms. The molecule has 6 nitrogen and oxygen atoms in total. The van der Waals surface area contributed by atoms with Crippen molar-refractivity contribution in [2.24, 2.45) is 12.5 Å². The maximum atomic E-state index is 12.3. The van der Waals surface area contributed by atoms with Gasteiger partial charge in [-0.25, -0.2) is 4.98 Å². The van der Waals surface area contributed by atoms with E-state index in [9.17, 15) is 9.59 Å². The van der Waals surface area contributed by atoms with Crippen LogP contribution in [0.3, 0.4) is 0 Å². The Labute approximate surface area is 118 Å². The van der Waals surface area contributed by atoms with Gasteiger partial charge in [0.05, 0.1) is 19.8 Å². The summed E-state index contributed by atoms with van der Waals surface area (Å²) in [6.45, 7) is 2.48. The molecule has 1 aromatic heterocycles. The van der Waals surface area contributed by atoms with Gasteiger partial charge in [-0.05, 0) is 13.3 Å². The largest absolute Gasteiger partial charge is 0.465 e. The van der Waals surface area contributed by atoms with E-state index < -0.39 is 11.4 Å². The molecule has 0 aliphatic carbocycles. The molecule has 1 saturated heterocycles. The Hall–Kier alpha value is -1.69. The number of nitrogens with zero attached hydrogens (tertiary/aromatic N) is 2. The lowest BCUT2D eigenvalue weighted by molar-refractivity contribution is -0.169. The molecule has 0 radical (unpaired) electrons. The molecule has 1 aromatic rings. The Bertz CT molecular complexity index is 497. The number of hydrogen-bond acceptors (Lipinski definition) is 5. The maximum absolute atomic E-state index is 12.3. The van der Waals surface area contributed by atoms with Gasteiger partial charge in [0.2, 0.25) is 0 Å². The van der Waals surface area contributed by atoms with Crippen molar-refractivity contribution >= 4 is 11.8 Å². The summed E-state index contributed by atoms with van der Waals surface area (Å²) in [6.07, 6.45) is 4.71. The fraction of sp³-hybridized carbons (Fsp3) is 0.643. The number of ketones is 1. The second-order valence-corrected chi connectivity index (χ2v) is 4.98. The first-order valence-electron chi connectivity index (χ1n) is 6.84. The van der Waals surface area contributed by atoms with Gasteiger partial charge in [-0.1, -0.05) is 0 Å². The summed E-state index contributed by atoms with van der Waals surface area (Å²) in [7, 11) is 1.89. The SMILES string of the molecule is CCOC(=O)C1(CCc2nccn2C)COCCC1=O. The molecule has 0 spiro atoms. The van der Waals surface area contributed by atoms with Crippen molar-refractivity contribution < 1.29 is 19.1 Å². The number of aromatic nitrogens is 2. The van der Waals surface area contributed by atoms with Gasteiger partial charge in [0.15, 0.2) is 5.78 Å². The topological polar surface area (TPSA) is 70.4 Å². The summed E-state index contributed by atoms with van der Waals surface area (Å²) in [6, 6.07) is 0. The lowest BCUT2D eigenvalue weighted by atomic mass is 9.77. The van der Waals surface area contributed by atoms with Gasteiger partial charge in [-0.15, -0.1) is 0 Å². The van der Waals surface area contributed by atoms with Crippen molar-refractivity contribution in [3.05, 3.63) is 18.2 Å². The average molecular weight is 280 g/mol. The predicted molar refractivity (Wildman–Crippen MR) is 71.0 cm³/mol. The highest BCUT2D eigenvalue weighted by Gasteiger charge is 2.48. The highest BCUT2D eigenvalue weighted by Crippen LogP contribution is 2.32. The maximum Gasteiger partial charge on any atom is 0.322 e. The summed E-state index contributed by atoms with van der Waals surface area (Å²) in [5, 5.41) is 0. The molecule has 1 aliphatic heterocycles. The number of imidazole rings is 1. The molecule has 110 valence electrons. The Balaban J connectivity index is 2.16. The van der Waals surface area contributed by atoms with Crippen molar-refractivity contribution in [2.45, 2.75) is 26.2 Å². The molecule has 1 atom stereocenters. The highest BCUT2D eigenvalue weighted by atomic mass is 16.5. The zero-order valence-electron chi connectivity index (χ0n) is 11.9. The first-order valence-corrected chi connectivity index (χ1v) is 6.84. The van der Waals surface area contributed by atoms with Gasteiger partial charge < -0.3 is 14.0 Å². The van der Waals surface area contributed by atoms with Crippen LogP contribution in [0, 0.1) is 5.41 Å². The molecule has 6 heteroatoms. The number of aryl methyl sites for hydroxylation is 2. The van der Waals surface area contributed by atoms with Crippen molar-refractivity contribution in [1.29, 1.82) is 0 Å². The van der Waals surface area contributed by atoms with Gasteiger partial charge >= 0.3 is 5.97 Å². The van der Waals surface area contributed by atoms with E-state index >= 15 is 0 Å². The van der Waals surface area contributed by atoms with Crippen LogP contribution in [-0.2, 0) is 32.5 Å².